The molecule has 0 aliphatic rings. The molecule has 8 heteroatoms. The lowest BCUT2D eigenvalue weighted by Crippen LogP contribution is -2.17. The molecule has 1 aromatic heterocycles. The number of rotatable bonds is 4. The van der Waals surface area contributed by atoms with E-state index >= 15 is 0 Å². The summed E-state index contributed by atoms with van der Waals surface area (Å²) in [4.78, 5) is 12.5. The molecule has 0 fully saturated rings. The van der Waals surface area contributed by atoms with Crippen LogP contribution in [0.1, 0.15) is 34.2 Å². The maximum atomic E-state index is 12.7. The number of carbonyl (C=O) groups is 1. The molecule has 0 amide bonds. The van der Waals surface area contributed by atoms with Crippen LogP contribution in [0, 0.1) is 13.8 Å². The summed E-state index contributed by atoms with van der Waals surface area (Å²) < 4.78 is 39.0. The summed E-state index contributed by atoms with van der Waals surface area (Å²) in [5.74, 6) is -1.22. The van der Waals surface area contributed by atoms with Crippen molar-refractivity contribution in [3.63, 3.8) is 0 Å². The summed E-state index contributed by atoms with van der Waals surface area (Å²) in [6.45, 7) is 5.36. The SMILES string of the molecule is Cc1ccc(C)c(C(=O)[C@@H](C)Sc2nnc(C(F)(F)F)n2C)c1. The highest BCUT2D eigenvalue weighted by atomic mass is 32.2. The zero-order valence-electron chi connectivity index (χ0n) is 13.1. The molecule has 0 unspecified atom stereocenters. The highest BCUT2D eigenvalue weighted by Crippen LogP contribution is 2.31. The van der Waals surface area contributed by atoms with Gasteiger partial charge in [-0.15, -0.1) is 10.2 Å². The van der Waals surface area contributed by atoms with Crippen molar-refractivity contribution in [3.8, 4) is 0 Å². The van der Waals surface area contributed by atoms with Gasteiger partial charge in [0, 0.05) is 12.6 Å². The summed E-state index contributed by atoms with van der Waals surface area (Å²) in [5, 5.41) is 6.19. The zero-order valence-corrected chi connectivity index (χ0v) is 13.9. The van der Waals surface area contributed by atoms with Crippen molar-refractivity contribution in [1.82, 2.24) is 14.8 Å². The lowest BCUT2D eigenvalue weighted by molar-refractivity contribution is -0.147. The first-order valence-electron chi connectivity index (χ1n) is 6.86. The molecular weight excluding hydrogens is 327 g/mol. The van der Waals surface area contributed by atoms with Gasteiger partial charge in [-0.1, -0.05) is 29.5 Å². The predicted molar refractivity (Wildman–Crippen MR) is 81.6 cm³/mol. The lowest BCUT2D eigenvalue weighted by atomic mass is 10.0. The molecule has 0 N–H and O–H groups in total. The van der Waals surface area contributed by atoms with Crippen LogP contribution in [0.15, 0.2) is 23.4 Å². The van der Waals surface area contributed by atoms with E-state index in [4.69, 9.17) is 0 Å². The van der Waals surface area contributed by atoms with E-state index in [9.17, 15) is 18.0 Å². The van der Waals surface area contributed by atoms with Crippen LogP contribution in [0.5, 0.6) is 0 Å². The molecule has 124 valence electrons. The number of carbonyl (C=O) groups excluding carboxylic acids is 1. The Morgan fingerprint density at radius 2 is 1.91 bits per heavy atom. The second-order valence-corrected chi connectivity index (χ2v) is 6.61. The second kappa shape index (κ2) is 6.35. The van der Waals surface area contributed by atoms with Crippen LogP contribution in [-0.2, 0) is 13.2 Å². The lowest BCUT2D eigenvalue weighted by Gasteiger charge is -2.12. The van der Waals surface area contributed by atoms with Gasteiger partial charge in [0.05, 0.1) is 5.25 Å². The molecule has 2 rings (SSSR count). The van der Waals surface area contributed by atoms with Crippen molar-refractivity contribution < 1.29 is 18.0 Å². The van der Waals surface area contributed by atoms with Gasteiger partial charge in [-0.3, -0.25) is 4.79 Å². The minimum absolute atomic E-state index is 0.0588. The van der Waals surface area contributed by atoms with Crippen molar-refractivity contribution in [2.75, 3.05) is 0 Å². The van der Waals surface area contributed by atoms with E-state index in [0.717, 1.165) is 27.5 Å². The van der Waals surface area contributed by atoms with E-state index in [0.29, 0.717) is 5.56 Å². The molecule has 0 aliphatic carbocycles. The fraction of sp³-hybridized carbons (Fsp3) is 0.400. The molecule has 4 nitrogen and oxygen atoms in total. The van der Waals surface area contributed by atoms with Gasteiger partial charge in [0.1, 0.15) is 0 Å². The van der Waals surface area contributed by atoms with E-state index in [1.54, 1.807) is 13.0 Å². The molecule has 0 saturated carbocycles. The third kappa shape index (κ3) is 3.74. The van der Waals surface area contributed by atoms with Gasteiger partial charge in [-0.25, -0.2) is 0 Å². The fourth-order valence-electron chi connectivity index (χ4n) is 2.10. The van der Waals surface area contributed by atoms with Gasteiger partial charge in [0.2, 0.25) is 5.82 Å². The number of halogens is 3. The van der Waals surface area contributed by atoms with Crippen molar-refractivity contribution in [2.24, 2.45) is 7.05 Å². The first-order valence-corrected chi connectivity index (χ1v) is 7.74. The largest absolute Gasteiger partial charge is 0.451 e. The summed E-state index contributed by atoms with van der Waals surface area (Å²) in [6, 6.07) is 5.54. The molecule has 0 bridgehead atoms. The number of hydrogen-bond donors (Lipinski definition) is 0. The molecule has 23 heavy (non-hydrogen) atoms. The van der Waals surface area contributed by atoms with Crippen LogP contribution < -0.4 is 0 Å². The number of aryl methyl sites for hydroxylation is 2. The van der Waals surface area contributed by atoms with Crippen LogP contribution in [0.2, 0.25) is 0 Å². The van der Waals surface area contributed by atoms with Crippen molar-refractivity contribution in [1.29, 1.82) is 0 Å². The summed E-state index contributed by atoms with van der Waals surface area (Å²) >= 11 is 0.964. The van der Waals surface area contributed by atoms with Gasteiger partial charge >= 0.3 is 6.18 Å². The number of thioether (sulfide) groups is 1. The van der Waals surface area contributed by atoms with Crippen LogP contribution in [0.4, 0.5) is 13.2 Å². The molecule has 0 saturated heterocycles. The van der Waals surface area contributed by atoms with E-state index in [-0.39, 0.29) is 10.9 Å². The highest BCUT2D eigenvalue weighted by Gasteiger charge is 2.38. The number of alkyl halides is 3. The number of benzene rings is 1. The van der Waals surface area contributed by atoms with Crippen LogP contribution in [-0.4, -0.2) is 25.8 Å². The van der Waals surface area contributed by atoms with Gasteiger partial charge in [-0.05, 0) is 32.4 Å². The molecule has 0 radical (unpaired) electrons. The van der Waals surface area contributed by atoms with E-state index in [1.165, 1.54) is 7.05 Å². The topological polar surface area (TPSA) is 47.8 Å². The quantitative estimate of drug-likeness (QED) is 0.626. The smallest absolute Gasteiger partial charge is 0.302 e. The van der Waals surface area contributed by atoms with E-state index in [1.807, 2.05) is 26.0 Å². The Labute approximate surface area is 136 Å². The van der Waals surface area contributed by atoms with Crippen LogP contribution >= 0.6 is 11.8 Å². The summed E-state index contributed by atoms with van der Waals surface area (Å²) in [7, 11) is 1.24. The Morgan fingerprint density at radius 1 is 1.26 bits per heavy atom. The third-order valence-corrected chi connectivity index (χ3v) is 4.53. The maximum absolute atomic E-state index is 12.7. The molecule has 1 aromatic carbocycles. The van der Waals surface area contributed by atoms with Crippen LogP contribution in [0.3, 0.4) is 0 Å². The van der Waals surface area contributed by atoms with Gasteiger partial charge in [-0.2, -0.15) is 13.2 Å². The Kier molecular flexibility index (Phi) is 4.84. The Bertz CT molecular complexity index is 740. The number of Topliss-reactive ketones (excluding diaryl/α,β-unsaturated/α-hetero) is 1. The average molecular weight is 343 g/mol. The number of ketones is 1. The van der Waals surface area contributed by atoms with Gasteiger partial charge < -0.3 is 4.57 Å². The van der Waals surface area contributed by atoms with Crippen molar-refractivity contribution >= 4 is 17.5 Å². The summed E-state index contributed by atoms with van der Waals surface area (Å²) in [5.41, 5.74) is 2.36. The summed E-state index contributed by atoms with van der Waals surface area (Å²) in [6.07, 6.45) is -4.57. The number of nitrogens with zero attached hydrogens (tertiary/aromatic N) is 3. The highest BCUT2D eigenvalue weighted by molar-refractivity contribution is 8.00. The zero-order chi connectivity index (χ0) is 17.4. The van der Waals surface area contributed by atoms with E-state index in [2.05, 4.69) is 10.2 Å². The van der Waals surface area contributed by atoms with Gasteiger partial charge in [0.25, 0.3) is 0 Å². The van der Waals surface area contributed by atoms with Crippen molar-refractivity contribution in [2.45, 2.75) is 37.4 Å². The minimum atomic E-state index is -4.57. The fourth-order valence-corrected chi connectivity index (χ4v) is 2.98. The minimum Gasteiger partial charge on any atom is -0.302 e. The Morgan fingerprint density at radius 3 is 2.48 bits per heavy atom. The standard InChI is InChI=1S/C15H16F3N3OS/c1-8-5-6-9(2)11(7-8)12(22)10(3)23-14-20-19-13(21(14)4)15(16,17)18/h5-7,10H,1-4H3/t10-/m1/s1. The maximum Gasteiger partial charge on any atom is 0.451 e. The Balaban J connectivity index is 2.22. The second-order valence-electron chi connectivity index (χ2n) is 5.31. The normalized spacial score (nSPS) is 13.2. The average Bonchev–Trinajstić information content (AvgIpc) is 2.82. The first-order chi connectivity index (χ1) is 10.6. The predicted octanol–water partition coefficient (Wildman–Crippen LogP) is 3.81. The molecule has 0 spiro atoms. The van der Waals surface area contributed by atoms with Gasteiger partial charge in [0.15, 0.2) is 10.9 Å². The molecule has 2 aromatic rings. The third-order valence-electron chi connectivity index (χ3n) is 3.40. The molecule has 1 heterocycles. The molecular formula is C15H16F3N3OS. The van der Waals surface area contributed by atoms with Crippen molar-refractivity contribution in [3.05, 3.63) is 40.7 Å². The van der Waals surface area contributed by atoms with Crippen LogP contribution in [0.25, 0.3) is 0 Å². The number of aromatic nitrogens is 3. The van der Waals surface area contributed by atoms with E-state index < -0.39 is 17.3 Å². The Hall–Kier alpha value is -1.83. The monoisotopic (exact) mass is 343 g/mol. The number of hydrogen-bond acceptors (Lipinski definition) is 4. The molecule has 1 atom stereocenters. The first kappa shape index (κ1) is 17.5. The molecule has 0 aliphatic heterocycles.